The Bertz CT molecular complexity index is 159. The van der Waals surface area contributed by atoms with Gasteiger partial charge in [0.05, 0.1) is 0 Å². The van der Waals surface area contributed by atoms with Crippen LogP contribution in [0.15, 0.2) is 12.2 Å². The lowest BCUT2D eigenvalue weighted by Gasteiger charge is -2.25. The average Bonchev–Trinajstić information content (AvgIpc) is 2.04. The molecule has 0 amide bonds. The molecule has 1 unspecified atom stereocenters. The Morgan fingerprint density at radius 1 is 1.38 bits per heavy atom. The first-order valence-corrected chi connectivity index (χ1v) is 6.16. The fourth-order valence-electron chi connectivity index (χ4n) is 1.31. The molecule has 0 aromatic heterocycles. The van der Waals surface area contributed by atoms with Gasteiger partial charge in [-0.15, -0.1) is 0 Å². The van der Waals surface area contributed by atoms with Crippen LogP contribution in [0.1, 0.15) is 53.4 Å². The van der Waals surface area contributed by atoms with Crippen LogP contribution in [-0.4, -0.2) is 4.83 Å². The molecular formula is C12H23Br. The van der Waals surface area contributed by atoms with Gasteiger partial charge in [-0.25, -0.2) is 0 Å². The minimum absolute atomic E-state index is 0.414. The predicted octanol–water partition coefficient (Wildman–Crippen LogP) is 4.93. The normalized spacial score (nSPS) is 14.2. The van der Waals surface area contributed by atoms with Crippen LogP contribution in [0, 0.1) is 5.41 Å². The average molecular weight is 247 g/mol. The summed E-state index contributed by atoms with van der Waals surface area (Å²) in [6.45, 7) is 13.2. The van der Waals surface area contributed by atoms with E-state index in [1.54, 1.807) is 0 Å². The molecule has 0 saturated heterocycles. The first-order chi connectivity index (χ1) is 5.93. The molecule has 1 heteroatoms. The summed E-state index contributed by atoms with van der Waals surface area (Å²) in [5, 5.41) is 0. The highest BCUT2D eigenvalue weighted by Gasteiger charge is 2.19. The molecule has 0 aliphatic carbocycles. The van der Waals surface area contributed by atoms with Gasteiger partial charge in [-0.2, -0.15) is 0 Å². The number of rotatable bonds is 6. The molecule has 0 spiro atoms. The molecule has 0 aliphatic rings. The van der Waals surface area contributed by atoms with Crippen LogP contribution in [0.4, 0.5) is 0 Å². The van der Waals surface area contributed by atoms with E-state index in [1.807, 2.05) is 0 Å². The zero-order valence-corrected chi connectivity index (χ0v) is 11.1. The second-order valence-corrected chi connectivity index (χ2v) is 5.71. The van der Waals surface area contributed by atoms with Crippen LogP contribution in [0.25, 0.3) is 0 Å². The van der Waals surface area contributed by atoms with Crippen molar-refractivity contribution in [3.05, 3.63) is 12.2 Å². The highest BCUT2D eigenvalue weighted by molar-refractivity contribution is 9.09. The van der Waals surface area contributed by atoms with E-state index in [9.17, 15) is 0 Å². The van der Waals surface area contributed by atoms with Crippen molar-refractivity contribution < 1.29 is 0 Å². The second-order valence-electron chi connectivity index (χ2n) is 4.61. The minimum atomic E-state index is 0.414. The molecule has 0 bridgehead atoms. The van der Waals surface area contributed by atoms with Crippen molar-refractivity contribution in [3.63, 3.8) is 0 Å². The molecule has 0 heterocycles. The molecule has 0 aromatic rings. The zero-order valence-electron chi connectivity index (χ0n) is 9.49. The van der Waals surface area contributed by atoms with Crippen LogP contribution >= 0.6 is 15.9 Å². The third kappa shape index (κ3) is 5.51. The first-order valence-electron chi connectivity index (χ1n) is 5.24. The van der Waals surface area contributed by atoms with Crippen molar-refractivity contribution in [2.75, 3.05) is 0 Å². The van der Waals surface area contributed by atoms with E-state index in [4.69, 9.17) is 0 Å². The minimum Gasteiger partial charge on any atom is -0.0987 e. The van der Waals surface area contributed by atoms with E-state index in [-0.39, 0.29) is 0 Å². The van der Waals surface area contributed by atoms with Crippen molar-refractivity contribution in [1.82, 2.24) is 0 Å². The second kappa shape index (κ2) is 5.85. The van der Waals surface area contributed by atoms with Gasteiger partial charge in [0, 0.05) is 4.83 Å². The van der Waals surface area contributed by atoms with Crippen molar-refractivity contribution in [3.8, 4) is 0 Å². The summed E-state index contributed by atoms with van der Waals surface area (Å²) in [5.74, 6) is 0. The zero-order chi connectivity index (χ0) is 10.5. The standard InChI is InChI=1S/C12H23Br/c1-6-8-11(13)10(3)9-12(4,5)7-2/h11H,3,6-9H2,1-2,4-5H3. The fraction of sp³-hybridized carbons (Fsp3) is 0.833. The monoisotopic (exact) mass is 246 g/mol. The van der Waals surface area contributed by atoms with E-state index < -0.39 is 0 Å². The van der Waals surface area contributed by atoms with Gasteiger partial charge in [-0.3, -0.25) is 0 Å². The number of alkyl halides is 1. The van der Waals surface area contributed by atoms with E-state index in [2.05, 4.69) is 50.2 Å². The lowest BCUT2D eigenvalue weighted by atomic mass is 9.82. The van der Waals surface area contributed by atoms with Crippen LogP contribution < -0.4 is 0 Å². The smallest absolute Gasteiger partial charge is 0.0352 e. The van der Waals surface area contributed by atoms with Gasteiger partial charge in [0.15, 0.2) is 0 Å². The number of hydrogen-bond acceptors (Lipinski definition) is 0. The number of halogens is 1. The molecule has 0 rings (SSSR count). The molecule has 0 nitrogen and oxygen atoms in total. The number of allylic oxidation sites excluding steroid dienone is 1. The Hall–Kier alpha value is 0.220. The lowest BCUT2D eigenvalue weighted by Crippen LogP contribution is -2.14. The van der Waals surface area contributed by atoms with E-state index in [0.29, 0.717) is 10.2 Å². The summed E-state index contributed by atoms with van der Waals surface area (Å²) in [5.41, 5.74) is 1.77. The molecule has 0 saturated carbocycles. The van der Waals surface area contributed by atoms with E-state index in [1.165, 1.54) is 24.8 Å². The number of hydrogen-bond donors (Lipinski definition) is 0. The molecule has 0 fully saturated rings. The maximum Gasteiger partial charge on any atom is 0.0352 e. The van der Waals surface area contributed by atoms with Crippen molar-refractivity contribution >= 4 is 15.9 Å². The van der Waals surface area contributed by atoms with Crippen LogP contribution in [0.5, 0.6) is 0 Å². The Kier molecular flexibility index (Phi) is 5.95. The van der Waals surface area contributed by atoms with Gasteiger partial charge < -0.3 is 0 Å². The maximum atomic E-state index is 4.16. The van der Waals surface area contributed by atoms with E-state index >= 15 is 0 Å². The third-order valence-corrected chi connectivity index (χ3v) is 3.75. The summed E-state index contributed by atoms with van der Waals surface area (Å²) < 4.78 is 0. The Morgan fingerprint density at radius 3 is 2.31 bits per heavy atom. The third-order valence-electron chi connectivity index (χ3n) is 2.65. The van der Waals surface area contributed by atoms with Crippen LogP contribution in [0.3, 0.4) is 0 Å². The summed E-state index contributed by atoms with van der Waals surface area (Å²) >= 11 is 3.69. The molecule has 0 radical (unpaired) electrons. The molecule has 78 valence electrons. The summed E-state index contributed by atoms with van der Waals surface area (Å²) in [7, 11) is 0. The molecular weight excluding hydrogens is 224 g/mol. The van der Waals surface area contributed by atoms with E-state index in [0.717, 1.165) is 6.42 Å². The summed E-state index contributed by atoms with van der Waals surface area (Å²) in [6.07, 6.45) is 4.79. The maximum absolute atomic E-state index is 4.16. The van der Waals surface area contributed by atoms with Gasteiger partial charge in [0.1, 0.15) is 0 Å². The Labute approximate surface area is 91.9 Å². The van der Waals surface area contributed by atoms with Gasteiger partial charge in [0.25, 0.3) is 0 Å². The highest BCUT2D eigenvalue weighted by Crippen LogP contribution is 2.32. The lowest BCUT2D eigenvalue weighted by molar-refractivity contribution is 0.345. The first kappa shape index (κ1) is 13.2. The molecule has 13 heavy (non-hydrogen) atoms. The molecule has 1 atom stereocenters. The van der Waals surface area contributed by atoms with Gasteiger partial charge in [-0.05, 0) is 18.3 Å². The van der Waals surface area contributed by atoms with Crippen LogP contribution in [0.2, 0.25) is 0 Å². The van der Waals surface area contributed by atoms with Gasteiger partial charge >= 0.3 is 0 Å². The Balaban J connectivity index is 3.99. The van der Waals surface area contributed by atoms with Crippen molar-refractivity contribution in [2.45, 2.75) is 58.2 Å². The fourth-order valence-corrected chi connectivity index (χ4v) is 1.93. The topological polar surface area (TPSA) is 0 Å². The SMILES string of the molecule is C=C(CC(C)(C)CC)C(Br)CCC. The summed E-state index contributed by atoms with van der Waals surface area (Å²) in [6, 6.07) is 0. The molecule has 0 N–H and O–H groups in total. The molecule has 0 aliphatic heterocycles. The van der Waals surface area contributed by atoms with Crippen LogP contribution in [-0.2, 0) is 0 Å². The quantitative estimate of drug-likeness (QED) is 0.461. The van der Waals surface area contributed by atoms with Gasteiger partial charge in [-0.1, -0.05) is 68.6 Å². The van der Waals surface area contributed by atoms with Gasteiger partial charge in [0.2, 0.25) is 0 Å². The predicted molar refractivity (Wildman–Crippen MR) is 65.5 cm³/mol. The van der Waals surface area contributed by atoms with Crippen molar-refractivity contribution in [2.24, 2.45) is 5.41 Å². The largest absolute Gasteiger partial charge is 0.0987 e. The highest BCUT2D eigenvalue weighted by atomic mass is 79.9. The summed E-state index contributed by atoms with van der Waals surface area (Å²) in [4.78, 5) is 0.517. The van der Waals surface area contributed by atoms with Crippen molar-refractivity contribution in [1.29, 1.82) is 0 Å². The molecule has 0 aromatic carbocycles. The Morgan fingerprint density at radius 2 is 1.92 bits per heavy atom.